The Labute approximate surface area is 202 Å². The first-order valence-corrected chi connectivity index (χ1v) is 11.7. The molecule has 174 valence electrons. The van der Waals surface area contributed by atoms with Gasteiger partial charge in [-0.05, 0) is 36.5 Å². The molecule has 1 aromatic heterocycles. The molecule has 1 aliphatic rings. The molecule has 2 aromatic carbocycles. The first kappa shape index (κ1) is 23.4. The molecule has 0 bridgehead atoms. The van der Waals surface area contributed by atoms with E-state index >= 15 is 0 Å². The number of aromatic amines is 1. The second kappa shape index (κ2) is 11.4. The van der Waals surface area contributed by atoms with Crippen molar-refractivity contribution in [2.75, 3.05) is 38.5 Å². The molecule has 0 spiro atoms. The summed E-state index contributed by atoms with van der Waals surface area (Å²) < 4.78 is 0. The molecule has 3 aromatic rings. The van der Waals surface area contributed by atoms with Crippen LogP contribution in [0.1, 0.15) is 10.4 Å². The number of likely N-dealkylation sites (N-methyl/N-ethyl adjacent to an activating group) is 1. The smallest absolute Gasteiger partial charge is 0.223 e. The van der Waals surface area contributed by atoms with E-state index in [0.717, 1.165) is 48.6 Å². The third-order valence-corrected chi connectivity index (χ3v) is 6.10. The normalized spacial score (nSPS) is 15.0. The van der Waals surface area contributed by atoms with Crippen LogP contribution in [0.25, 0.3) is 11.3 Å². The maximum Gasteiger partial charge on any atom is 0.223 e. The maximum atomic E-state index is 10.9. The van der Waals surface area contributed by atoms with Gasteiger partial charge in [0, 0.05) is 42.7 Å². The van der Waals surface area contributed by atoms with Crippen molar-refractivity contribution in [2.24, 2.45) is 9.98 Å². The molecule has 4 rings (SSSR count). The number of nitrogens with zero attached hydrogens (tertiary/aromatic N) is 5. The van der Waals surface area contributed by atoms with Gasteiger partial charge in [-0.2, -0.15) is 10.1 Å². The van der Waals surface area contributed by atoms with Gasteiger partial charge in [0.1, 0.15) is 6.29 Å². The van der Waals surface area contributed by atoms with Gasteiger partial charge in [-0.3, -0.25) is 15.3 Å². The summed E-state index contributed by atoms with van der Waals surface area (Å²) in [6.45, 7) is 3.71. The lowest BCUT2D eigenvalue weighted by molar-refractivity contribution is 0.112. The molecule has 1 saturated heterocycles. The lowest BCUT2D eigenvalue weighted by Crippen LogP contribution is -2.43. The van der Waals surface area contributed by atoms with Crippen LogP contribution in [0.2, 0.25) is 0 Å². The Morgan fingerprint density at radius 3 is 2.56 bits per heavy atom. The number of carbonyl (C=O) groups excluding carboxylic acids is 1. The second-order valence-electron chi connectivity index (χ2n) is 7.77. The number of H-pyrrole nitrogens is 1. The summed E-state index contributed by atoms with van der Waals surface area (Å²) in [7, 11) is 2.10. The van der Waals surface area contributed by atoms with E-state index in [2.05, 4.69) is 42.3 Å². The first-order chi connectivity index (χ1) is 16.6. The number of hydrogen-bond donors (Lipinski definition) is 3. The van der Waals surface area contributed by atoms with Crippen molar-refractivity contribution in [3.8, 4) is 11.3 Å². The number of nitrogens with one attached hydrogen (secondary N) is 3. The Morgan fingerprint density at radius 1 is 1.12 bits per heavy atom. The van der Waals surface area contributed by atoms with E-state index in [4.69, 9.17) is 5.41 Å². The van der Waals surface area contributed by atoms with E-state index in [1.807, 2.05) is 48.5 Å². The summed E-state index contributed by atoms with van der Waals surface area (Å²) in [6.07, 6.45) is 2.59. The molecule has 1 aliphatic heterocycles. The molecule has 0 amide bonds. The summed E-state index contributed by atoms with van der Waals surface area (Å²) >= 11 is 1.33. The highest BCUT2D eigenvalue weighted by atomic mass is 32.2. The SMILES string of the molecule is CN1CCN(/C=N/C(=N\C(=N)Nc2cc(-c3ccccc3)[nH]n2)Sc2ccc(C=O)cc2)CC1. The Hall–Kier alpha value is -3.76. The minimum atomic E-state index is -0.0753. The van der Waals surface area contributed by atoms with Crippen LogP contribution in [0.15, 0.2) is 75.5 Å². The number of guanidine groups is 1. The van der Waals surface area contributed by atoms with Gasteiger partial charge in [0.2, 0.25) is 5.96 Å². The Morgan fingerprint density at radius 2 is 1.85 bits per heavy atom. The zero-order valence-corrected chi connectivity index (χ0v) is 19.6. The number of amidine groups is 1. The first-order valence-electron chi connectivity index (χ1n) is 10.8. The summed E-state index contributed by atoms with van der Waals surface area (Å²) in [6, 6.07) is 18.8. The largest absolute Gasteiger partial charge is 0.360 e. The van der Waals surface area contributed by atoms with Crippen LogP contribution in [-0.4, -0.2) is 77.0 Å². The fraction of sp³-hybridized carbons (Fsp3) is 0.208. The van der Waals surface area contributed by atoms with Gasteiger partial charge < -0.3 is 15.1 Å². The van der Waals surface area contributed by atoms with E-state index in [1.165, 1.54) is 11.8 Å². The Balaban J connectivity index is 1.48. The predicted molar refractivity (Wildman–Crippen MR) is 138 cm³/mol. The Kier molecular flexibility index (Phi) is 7.84. The number of rotatable bonds is 5. The average molecular weight is 475 g/mol. The van der Waals surface area contributed by atoms with Gasteiger partial charge in [0.05, 0.1) is 12.0 Å². The number of benzene rings is 2. The standard InChI is InChI=1S/C24H26N8OS/c1-31-11-13-32(14-12-31)17-26-24(34-20-9-7-18(16-33)8-10-20)28-23(25)27-22-15-21(29-30-22)19-5-3-2-4-6-19/h2-10,15-17H,11-14H2,1H3,(H3,25,27,29,30)/b26-17+,28-24+. The van der Waals surface area contributed by atoms with Crippen molar-refractivity contribution in [3.63, 3.8) is 0 Å². The van der Waals surface area contributed by atoms with Crippen molar-refractivity contribution in [1.29, 1.82) is 5.41 Å². The molecule has 0 atom stereocenters. The number of carbonyl (C=O) groups is 1. The van der Waals surface area contributed by atoms with Gasteiger partial charge in [-0.1, -0.05) is 42.5 Å². The zero-order chi connectivity index (χ0) is 23.8. The molecule has 0 unspecified atom stereocenters. The van der Waals surface area contributed by atoms with E-state index < -0.39 is 0 Å². The molecule has 0 radical (unpaired) electrons. The fourth-order valence-corrected chi connectivity index (χ4v) is 3.98. The van der Waals surface area contributed by atoms with Crippen LogP contribution in [0.4, 0.5) is 5.82 Å². The lowest BCUT2D eigenvalue weighted by atomic mass is 10.2. The van der Waals surface area contributed by atoms with E-state index in [1.54, 1.807) is 18.5 Å². The van der Waals surface area contributed by atoms with E-state index in [9.17, 15) is 4.79 Å². The van der Waals surface area contributed by atoms with Crippen LogP contribution < -0.4 is 5.32 Å². The predicted octanol–water partition coefficient (Wildman–Crippen LogP) is 3.66. The fourth-order valence-electron chi connectivity index (χ4n) is 3.26. The lowest BCUT2D eigenvalue weighted by Gasteiger charge is -2.30. The summed E-state index contributed by atoms with van der Waals surface area (Å²) in [5.41, 5.74) is 2.45. The number of aromatic nitrogens is 2. The van der Waals surface area contributed by atoms with Crippen LogP contribution in [0.5, 0.6) is 0 Å². The van der Waals surface area contributed by atoms with Crippen LogP contribution in [-0.2, 0) is 0 Å². The highest BCUT2D eigenvalue weighted by Crippen LogP contribution is 2.22. The maximum absolute atomic E-state index is 10.9. The molecule has 9 nitrogen and oxygen atoms in total. The van der Waals surface area contributed by atoms with Crippen molar-refractivity contribution in [2.45, 2.75) is 4.90 Å². The highest BCUT2D eigenvalue weighted by molar-refractivity contribution is 8.14. The van der Waals surface area contributed by atoms with Gasteiger partial charge >= 0.3 is 0 Å². The minimum absolute atomic E-state index is 0.0753. The zero-order valence-electron chi connectivity index (χ0n) is 18.8. The van der Waals surface area contributed by atoms with E-state index in [0.29, 0.717) is 16.5 Å². The average Bonchev–Trinajstić information content (AvgIpc) is 3.33. The molecule has 10 heteroatoms. The monoisotopic (exact) mass is 474 g/mol. The van der Waals surface area contributed by atoms with E-state index in [-0.39, 0.29) is 5.96 Å². The third-order valence-electron chi connectivity index (χ3n) is 5.21. The number of aldehydes is 1. The van der Waals surface area contributed by atoms with Gasteiger partial charge in [0.15, 0.2) is 11.0 Å². The molecular weight excluding hydrogens is 448 g/mol. The quantitative estimate of drug-likeness (QED) is 0.225. The van der Waals surface area contributed by atoms with Crippen molar-refractivity contribution < 1.29 is 4.79 Å². The van der Waals surface area contributed by atoms with Crippen LogP contribution >= 0.6 is 11.8 Å². The topological polar surface area (TPSA) is 113 Å². The summed E-state index contributed by atoms with van der Waals surface area (Å²) in [5.74, 6) is 0.420. The van der Waals surface area contributed by atoms with Gasteiger partial charge in [0.25, 0.3) is 0 Å². The summed E-state index contributed by atoms with van der Waals surface area (Å²) in [4.78, 5) is 25.2. The molecule has 1 fully saturated rings. The summed E-state index contributed by atoms with van der Waals surface area (Å²) in [5, 5.41) is 18.9. The van der Waals surface area contributed by atoms with Crippen LogP contribution in [0.3, 0.4) is 0 Å². The third kappa shape index (κ3) is 6.63. The molecule has 34 heavy (non-hydrogen) atoms. The molecule has 2 heterocycles. The Bertz CT molecular complexity index is 1170. The van der Waals surface area contributed by atoms with Gasteiger partial charge in [-0.15, -0.1) is 0 Å². The molecular formula is C24H26N8OS. The second-order valence-corrected chi connectivity index (χ2v) is 8.81. The number of aliphatic imine (C=N–C) groups is 2. The van der Waals surface area contributed by atoms with Crippen molar-refractivity contribution in [1.82, 2.24) is 20.0 Å². The van der Waals surface area contributed by atoms with Crippen LogP contribution in [0, 0.1) is 5.41 Å². The number of hydrogen-bond acceptors (Lipinski definition) is 5. The number of piperazine rings is 1. The molecule has 0 aliphatic carbocycles. The highest BCUT2D eigenvalue weighted by Gasteiger charge is 2.12. The van der Waals surface area contributed by atoms with Crippen molar-refractivity contribution >= 4 is 41.3 Å². The number of anilines is 1. The minimum Gasteiger partial charge on any atom is -0.360 e. The number of thioether (sulfide) groups is 1. The van der Waals surface area contributed by atoms with Gasteiger partial charge in [-0.25, -0.2) is 4.99 Å². The molecule has 3 N–H and O–H groups in total. The van der Waals surface area contributed by atoms with Crippen molar-refractivity contribution in [3.05, 3.63) is 66.2 Å². The molecule has 0 saturated carbocycles.